The molecule has 0 radical (unpaired) electrons. The van der Waals surface area contributed by atoms with Gasteiger partial charge in [0.1, 0.15) is 0 Å². The van der Waals surface area contributed by atoms with E-state index in [4.69, 9.17) is 11.6 Å². The molecule has 0 aromatic heterocycles. The summed E-state index contributed by atoms with van der Waals surface area (Å²) in [5.74, 6) is 0.542. The van der Waals surface area contributed by atoms with Crippen LogP contribution in [-0.4, -0.2) is 61.5 Å². The number of likely N-dealkylation sites (tertiary alicyclic amines) is 1. The number of hydrogen-bond acceptors (Lipinski definition) is 3. The highest BCUT2D eigenvalue weighted by Gasteiger charge is 2.30. The molecule has 1 aliphatic heterocycles. The van der Waals surface area contributed by atoms with Gasteiger partial charge in [0.05, 0.1) is 5.75 Å². The second-order valence-electron chi connectivity index (χ2n) is 5.92. The molecule has 1 fully saturated rings. The maximum absolute atomic E-state index is 12.3. The lowest BCUT2D eigenvalue weighted by molar-refractivity contribution is 0.140. The Hall–Kier alpha value is 0.160. The summed E-state index contributed by atoms with van der Waals surface area (Å²) in [5, 5.41) is 0. The van der Waals surface area contributed by atoms with Crippen LogP contribution in [-0.2, 0) is 10.0 Å². The van der Waals surface area contributed by atoms with Crippen molar-refractivity contribution in [2.24, 2.45) is 5.92 Å². The van der Waals surface area contributed by atoms with Gasteiger partial charge < -0.3 is 4.90 Å². The third-order valence-electron chi connectivity index (χ3n) is 3.94. The molecule has 0 amide bonds. The van der Waals surface area contributed by atoms with E-state index in [-0.39, 0.29) is 17.7 Å². The van der Waals surface area contributed by atoms with E-state index in [2.05, 4.69) is 18.7 Å². The lowest BCUT2D eigenvalue weighted by Crippen LogP contribution is -2.48. The van der Waals surface area contributed by atoms with Crippen LogP contribution in [0, 0.1) is 5.92 Å². The second-order valence-corrected chi connectivity index (χ2v) is 8.30. The Labute approximate surface area is 123 Å². The standard InChI is InChI=1S/C13H27ClN2O2S/c1-11(2)16-7-5-13(6-8-16)15(4)19(17,18)10-12(3)9-14/h11-13H,5-10H2,1-4H3. The van der Waals surface area contributed by atoms with E-state index >= 15 is 0 Å². The fourth-order valence-electron chi connectivity index (χ4n) is 2.51. The molecule has 1 atom stereocenters. The van der Waals surface area contributed by atoms with Crippen LogP contribution in [0.4, 0.5) is 0 Å². The van der Waals surface area contributed by atoms with Crippen molar-refractivity contribution in [2.75, 3.05) is 31.8 Å². The molecule has 0 saturated carbocycles. The third-order valence-corrected chi connectivity index (χ3v) is 6.63. The number of sulfonamides is 1. The first-order valence-electron chi connectivity index (χ1n) is 7.03. The highest BCUT2D eigenvalue weighted by molar-refractivity contribution is 7.89. The average Bonchev–Trinajstić information content (AvgIpc) is 2.37. The van der Waals surface area contributed by atoms with Crippen molar-refractivity contribution >= 4 is 21.6 Å². The predicted molar refractivity (Wildman–Crippen MR) is 81.2 cm³/mol. The summed E-state index contributed by atoms with van der Waals surface area (Å²) in [6.45, 7) is 8.20. The highest BCUT2D eigenvalue weighted by atomic mass is 35.5. The average molecular weight is 311 g/mol. The predicted octanol–water partition coefficient (Wildman–Crippen LogP) is 2.00. The van der Waals surface area contributed by atoms with Crippen molar-refractivity contribution in [3.05, 3.63) is 0 Å². The Balaban J connectivity index is 2.57. The highest BCUT2D eigenvalue weighted by Crippen LogP contribution is 2.20. The first kappa shape index (κ1) is 17.2. The minimum Gasteiger partial charge on any atom is -0.301 e. The first-order valence-corrected chi connectivity index (χ1v) is 9.18. The first-order chi connectivity index (χ1) is 8.77. The summed E-state index contributed by atoms with van der Waals surface area (Å²) in [7, 11) is -1.46. The second kappa shape index (κ2) is 7.25. The fourth-order valence-corrected chi connectivity index (χ4v) is 4.49. The minimum atomic E-state index is -3.18. The van der Waals surface area contributed by atoms with Gasteiger partial charge in [-0.25, -0.2) is 12.7 Å². The summed E-state index contributed by atoms with van der Waals surface area (Å²) in [6, 6.07) is 0.682. The topological polar surface area (TPSA) is 40.6 Å². The molecular formula is C13H27ClN2O2S. The Morgan fingerprint density at radius 2 is 1.79 bits per heavy atom. The van der Waals surface area contributed by atoms with E-state index in [9.17, 15) is 8.42 Å². The number of rotatable bonds is 6. The van der Waals surface area contributed by atoms with Crippen molar-refractivity contribution in [3.63, 3.8) is 0 Å². The van der Waals surface area contributed by atoms with E-state index in [0.29, 0.717) is 11.9 Å². The molecule has 1 heterocycles. The molecule has 0 aliphatic carbocycles. The normalized spacial score (nSPS) is 21.2. The van der Waals surface area contributed by atoms with Crippen LogP contribution in [0.15, 0.2) is 0 Å². The number of nitrogens with zero attached hydrogens (tertiary/aromatic N) is 2. The number of halogens is 1. The molecule has 1 unspecified atom stereocenters. The number of hydrogen-bond donors (Lipinski definition) is 0. The molecule has 6 heteroatoms. The van der Waals surface area contributed by atoms with Crippen molar-refractivity contribution in [2.45, 2.75) is 45.7 Å². The largest absolute Gasteiger partial charge is 0.301 e. The van der Waals surface area contributed by atoms with Gasteiger partial charge in [-0.3, -0.25) is 0 Å². The maximum atomic E-state index is 12.3. The molecule has 1 saturated heterocycles. The van der Waals surface area contributed by atoms with Crippen LogP contribution in [0.3, 0.4) is 0 Å². The Kier molecular flexibility index (Phi) is 6.57. The van der Waals surface area contributed by atoms with Gasteiger partial charge >= 0.3 is 0 Å². The quantitative estimate of drug-likeness (QED) is 0.705. The van der Waals surface area contributed by atoms with Gasteiger partial charge in [0.15, 0.2) is 0 Å². The van der Waals surface area contributed by atoms with Crippen molar-refractivity contribution < 1.29 is 8.42 Å². The van der Waals surface area contributed by atoms with Gasteiger partial charge in [-0.15, -0.1) is 11.6 Å². The summed E-state index contributed by atoms with van der Waals surface area (Å²) >= 11 is 5.71. The van der Waals surface area contributed by atoms with Gasteiger partial charge in [0, 0.05) is 25.0 Å². The van der Waals surface area contributed by atoms with Crippen LogP contribution >= 0.6 is 11.6 Å². The zero-order chi connectivity index (χ0) is 14.6. The van der Waals surface area contributed by atoms with Gasteiger partial charge in [0.2, 0.25) is 10.0 Å². The van der Waals surface area contributed by atoms with Crippen molar-refractivity contribution in [1.29, 1.82) is 0 Å². The lowest BCUT2D eigenvalue weighted by Gasteiger charge is -2.38. The third kappa shape index (κ3) is 4.88. The summed E-state index contributed by atoms with van der Waals surface area (Å²) < 4.78 is 26.1. The van der Waals surface area contributed by atoms with Crippen LogP contribution < -0.4 is 0 Å². The lowest BCUT2D eigenvalue weighted by atomic mass is 10.0. The van der Waals surface area contributed by atoms with E-state index in [1.807, 2.05) is 6.92 Å². The van der Waals surface area contributed by atoms with Gasteiger partial charge in [-0.1, -0.05) is 6.92 Å². The summed E-state index contributed by atoms with van der Waals surface area (Å²) in [6.07, 6.45) is 1.84. The molecule has 0 spiro atoms. The van der Waals surface area contributed by atoms with Crippen molar-refractivity contribution in [1.82, 2.24) is 9.21 Å². The van der Waals surface area contributed by atoms with Gasteiger partial charge in [0.25, 0.3) is 0 Å². The minimum absolute atomic E-state index is 0.00451. The van der Waals surface area contributed by atoms with E-state index in [1.165, 1.54) is 0 Å². The molecule has 4 nitrogen and oxygen atoms in total. The number of alkyl halides is 1. The zero-order valence-corrected chi connectivity index (χ0v) is 14.0. The number of piperidine rings is 1. The Morgan fingerprint density at radius 1 is 1.26 bits per heavy atom. The SMILES string of the molecule is CC(CCl)CS(=O)(=O)N(C)C1CCN(C(C)C)CC1. The van der Waals surface area contributed by atoms with Crippen LogP contribution in [0.5, 0.6) is 0 Å². The van der Waals surface area contributed by atoms with Crippen LogP contribution in [0.1, 0.15) is 33.6 Å². The van der Waals surface area contributed by atoms with Crippen molar-refractivity contribution in [3.8, 4) is 0 Å². The van der Waals surface area contributed by atoms with Gasteiger partial charge in [-0.05, 0) is 45.7 Å². The molecule has 0 bridgehead atoms. The summed E-state index contributed by atoms with van der Waals surface area (Å²) in [5.41, 5.74) is 0. The van der Waals surface area contributed by atoms with E-state index < -0.39 is 10.0 Å². The Morgan fingerprint density at radius 3 is 2.21 bits per heavy atom. The Bertz CT molecular complexity index is 365. The molecular weight excluding hydrogens is 284 g/mol. The van der Waals surface area contributed by atoms with Gasteiger partial charge in [-0.2, -0.15) is 0 Å². The van der Waals surface area contributed by atoms with E-state index in [1.54, 1.807) is 11.4 Å². The molecule has 1 rings (SSSR count). The van der Waals surface area contributed by atoms with Crippen LogP contribution in [0.2, 0.25) is 0 Å². The zero-order valence-electron chi connectivity index (χ0n) is 12.5. The molecule has 0 N–H and O–H groups in total. The molecule has 0 aromatic carbocycles. The fraction of sp³-hybridized carbons (Fsp3) is 1.00. The molecule has 19 heavy (non-hydrogen) atoms. The molecule has 114 valence electrons. The summed E-state index contributed by atoms with van der Waals surface area (Å²) in [4.78, 5) is 2.40. The van der Waals surface area contributed by atoms with E-state index in [0.717, 1.165) is 25.9 Å². The molecule has 0 aromatic rings. The smallest absolute Gasteiger partial charge is 0.214 e. The molecule has 1 aliphatic rings. The monoisotopic (exact) mass is 310 g/mol. The maximum Gasteiger partial charge on any atom is 0.214 e. The van der Waals surface area contributed by atoms with Crippen LogP contribution in [0.25, 0.3) is 0 Å².